The average molecular weight is 235 g/mol. The molecule has 0 aliphatic carbocycles. The number of alkyl carbamates (subject to hydrolysis) is 1. The molecular weight excluding hydrogens is 222 g/mol. The highest BCUT2D eigenvalue weighted by molar-refractivity contribution is 5.83. The molecule has 0 saturated carbocycles. The number of nitrogens with one attached hydrogen (secondary N) is 1. The highest BCUT2D eigenvalue weighted by Crippen LogP contribution is 2.25. The second-order valence-electron chi connectivity index (χ2n) is 3.61. The number of carbonyl (C=O) groups excluding carboxylic acids is 2. The molecule has 1 aromatic rings. The summed E-state index contributed by atoms with van der Waals surface area (Å²) in [5.74, 6) is -0.528. The molecule has 0 unspecified atom stereocenters. The molecule has 1 amide bonds. The first-order chi connectivity index (χ1) is 8.22. The van der Waals surface area contributed by atoms with Crippen molar-refractivity contribution in [3.05, 3.63) is 35.9 Å². The predicted octanol–water partition coefficient (Wildman–Crippen LogP) is 1.40. The van der Waals surface area contributed by atoms with Gasteiger partial charge in [-0.2, -0.15) is 0 Å². The van der Waals surface area contributed by atoms with Gasteiger partial charge in [-0.25, -0.2) is 9.59 Å². The topological polar surface area (TPSA) is 64.6 Å². The van der Waals surface area contributed by atoms with Gasteiger partial charge >= 0.3 is 12.1 Å². The van der Waals surface area contributed by atoms with Crippen molar-refractivity contribution in [1.82, 2.24) is 5.32 Å². The summed E-state index contributed by atoms with van der Waals surface area (Å²) >= 11 is 0. The van der Waals surface area contributed by atoms with Crippen molar-refractivity contribution >= 4 is 12.1 Å². The lowest BCUT2D eigenvalue weighted by Crippen LogP contribution is -2.30. The van der Waals surface area contributed by atoms with E-state index in [1.807, 2.05) is 30.3 Å². The Bertz CT molecular complexity index is 418. The van der Waals surface area contributed by atoms with Crippen molar-refractivity contribution in [2.45, 2.75) is 19.1 Å². The molecule has 5 heteroatoms. The Morgan fingerprint density at radius 1 is 1.41 bits per heavy atom. The molecule has 17 heavy (non-hydrogen) atoms. The number of hydrogen-bond donors (Lipinski definition) is 1. The second kappa shape index (κ2) is 4.86. The summed E-state index contributed by atoms with van der Waals surface area (Å²) in [5.41, 5.74) is 0.816. The number of hydrogen-bond acceptors (Lipinski definition) is 4. The van der Waals surface area contributed by atoms with E-state index in [0.29, 0.717) is 0 Å². The Hall–Kier alpha value is -2.04. The normalized spacial score (nSPS) is 22.8. The number of esters is 1. The van der Waals surface area contributed by atoms with Gasteiger partial charge in [0.15, 0.2) is 0 Å². The lowest BCUT2D eigenvalue weighted by Gasteiger charge is -2.15. The van der Waals surface area contributed by atoms with Crippen LogP contribution < -0.4 is 5.32 Å². The molecule has 1 heterocycles. The van der Waals surface area contributed by atoms with Gasteiger partial charge in [-0.15, -0.1) is 0 Å². The number of ether oxygens (including phenoxy) is 2. The number of amides is 1. The van der Waals surface area contributed by atoms with Crippen molar-refractivity contribution in [2.24, 2.45) is 0 Å². The maximum atomic E-state index is 11.6. The zero-order valence-electron chi connectivity index (χ0n) is 9.38. The summed E-state index contributed by atoms with van der Waals surface area (Å²) in [6, 6.07) is 8.70. The molecule has 1 aromatic carbocycles. The lowest BCUT2D eigenvalue weighted by molar-refractivity contribution is -0.152. The van der Waals surface area contributed by atoms with Gasteiger partial charge in [0.1, 0.15) is 6.04 Å². The maximum absolute atomic E-state index is 11.6. The van der Waals surface area contributed by atoms with Gasteiger partial charge in [-0.3, -0.25) is 0 Å². The summed E-state index contributed by atoms with van der Waals surface area (Å²) in [6.07, 6.45) is -1.51. The summed E-state index contributed by atoms with van der Waals surface area (Å²) in [4.78, 5) is 22.8. The van der Waals surface area contributed by atoms with Crippen LogP contribution in [0, 0.1) is 0 Å². The zero-order valence-corrected chi connectivity index (χ0v) is 9.38. The molecule has 90 valence electrons. The minimum atomic E-state index is -0.912. The quantitative estimate of drug-likeness (QED) is 0.804. The fourth-order valence-corrected chi connectivity index (χ4v) is 1.75. The maximum Gasteiger partial charge on any atom is 0.408 e. The van der Waals surface area contributed by atoms with E-state index >= 15 is 0 Å². The van der Waals surface area contributed by atoms with Crippen LogP contribution in [0.5, 0.6) is 0 Å². The number of benzene rings is 1. The van der Waals surface area contributed by atoms with Crippen LogP contribution in [-0.2, 0) is 14.3 Å². The van der Waals surface area contributed by atoms with E-state index in [2.05, 4.69) is 5.32 Å². The third kappa shape index (κ3) is 2.38. The van der Waals surface area contributed by atoms with E-state index in [1.165, 1.54) is 0 Å². The molecule has 1 aliphatic heterocycles. The van der Waals surface area contributed by atoms with Gasteiger partial charge in [-0.1, -0.05) is 30.3 Å². The highest BCUT2D eigenvalue weighted by Gasteiger charge is 2.41. The van der Waals surface area contributed by atoms with Gasteiger partial charge in [0.05, 0.1) is 6.61 Å². The Morgan fingerprint density at radius 3 is 2.76 bits per heavy atom. The fourth-order valence-electron chi connectivity index (χ4n) is 1.75. The second-order valence-corrected chi connectivity index (χ2v) is 3.61. The Balaban J connectivity index is 2.20. The van der Waals surface area contributed by atoms with Gasteiger partial charge in [0.25, 0.3) is 0 Å². The van der Waals surface area contributed by atoms with Crippen LogP contribution in [0.15, 0.2) is 30.3 Å². The van der Waals surface area contributed by atoms with Crippen LogP contribution in [0.4, 0.5) is 4.79 Å². The molecule has 0 radical (unpaired) electrons. The van der Waals surface area contributed by atoms with E-state index < -0.39 is 24.2 Å². The average Bonchev–Trinajstić information content (AvgIpc) is 2.73. The van der Waals surface area contributed by atoms with Crippen LogP contribution in [0.25, 0.3) is 0 Å². The SMILES string of the molecule is CCOC(=O)[C@@H]1OC(=O)N[C@H]1c1ccccc1. The van der Waals surface area contributed by atoms with E-state index in [4.69, 9.17) is 9.47 Å². The van der Waals surface area contributed by atoms with Crippen LogP contribution in [0.2, 0.25) is 0 Å². The van der Waals surface area contributed by atoms with Crippen LogP contribution >= 0.6 is 0 Å². The molecule has 0 aromatic heterocycles. The molecule has 1 N–H and O–H groups in total. The van der Waals surface area contributed by atoms with Crippen molar-refractivity contribution in [1.29, 1.82) is 0 Å². The van der Waals surface area contributed by atoms with E-state index in [0.717, 1.165) is 5.56 Å². The molecular formula is C12H13NO4. The Kier molecular flexibility index (Phi) is 3.27. The van der Waals surface area contributed by atoms with Gasteiger partial charge in [0.2, 0.25) is 6.10 Å². The minimum absolute atomic E-state index is 0.258. The third-order valence-electron chi connectivity index (χ3n) is 2.49. The van der Waals surface area contributed by atoms with Crippen molar-refractivity contribution in [3.63, 3.8) is 0 Å². The molecule has 1 aliphatic rings. The zero-order chi connectivity index (χ0) is 12.3. The summed E-state index contributed by atoms with van der Waals surface area (Å²) < 4.78 is 9.79. The number of carbonyl (C=O) groups is 2. The van der Waals surface area contributed by atoms with E-state index in [-0.39, 0.29) is 6.61 Å². The molecule has 2 atom stereocenters. The standard InChI is InChI=1S/C12H13NO4/c1-2-16-11(14)10-9(13-12(15)17-10)8-6-4-3-5-7-8/h3-7,9-10H,2H2,1H3,(H,13,15)/t9-,10+/m0/s1. The molecule has 2 rings (SSSR count). The first-order valence-corrected chi connectivity index (χ1v) is 5.41. The van der Waals surface area contributed by atoms with Crippen LogP contribution in [0.3, 0.4) is 0 Å². The molecule has 5 nitrogen and oxygen atoms in total. The summed E-state index contributed by atoms with van der Waals surface area (Å²) in [5, 5.41) is 2.60. The molecule has 0 spiro atoms. The van der Waals surface area contributed by atoms with Crippen LogP contribution in [-0.4, -0.2) is 24.8 Å². The van der Waals surface area contributed by atoms with Crippen LogP contribution in [0.1, 0.15) is 18.5 Å². The molecule has 0 bridgehead atoms. The third-order valence-corrected chi connectivity index (χ3v) is 2.49. The van der Waals surface area contributed by atoms with Crippen molar-refractivity contribution in [3.8, 4) is 0 Å². The van der Waals surface area contributed by atoms with Crippen molar-refractivity contribution in [2.75, 3.05) is 6.61 Å². The predicted molar refractivity (Wildman–Crippen MR) is 59.2 cm³/mol. The van der Waals surface area contributed by atoms with Gasteiger partial charge in [-0.05, 0) is 12.5 Å². The number of cyclic esters (lactones) is 1. The summed E-state index contributed by atoms with van der Waals surface area (Å²) in [6.45, 7) is 1.97. The largest absolute Gasteiger partial charge is 0.463 e. The Labute approximate surface area is 98.7 Å². The summed E-state index contributed by atoms with van der Waals surface area (Å²) in [7, 11) is 0. The van der Waals surface area contributed by atoms with Gasteiger partial charge < -0.3 is 14.8 Å². The monoisotopic (exact) mass is 235 g/mol. The minimum Gasteiger partial charge on any atom is -0.463 e. The first-order valence-electron chi connectivity index (χ1n) is 5.41. The smallest absolute Gasteiger partial charge is 0.408 e. The first kappa shape index (κ1) is 11.4. The highest BCUT2D eigenvalue weighted by atomic mass is 16.6. The van der Waals surface area contributed by atoms with E-state index in [9.17, 15) is 9.59 Å². The van der Waals surface area contributed by atoms with Crippen molar-refractivity contribution < 1.29 is 19.1 Å². The van der Waals surface area contributed by atoms with Gasteiger partial charge in [0, 0.05) is 0 Å². The fraction of sp³-hybridized carbons (Fsp3) is 0.333. The lowest BCUT2D eigenvalue weighted by atomic mass is 10.0. The molecule has 1 saturated heterocycles. The van der Waals surface area contributed by atoms with E-state index in [1.54, 1.807) is 6.92 Å². The number of rotatable bonds is 3. The molecule has 1 fully saturated rings. The Morgan fingerprint density at radius 2 is 2.12 bits per heavy atom.